The number of Topliss-reactive ketones (excluding diaryl/α,β-unsaturated/α-hetero) is 2. The maximum Gasteiger partial charge on any atom is 0.508 e. The fraction of sp³-hybridized carbons (Fsp3) is 0.571. The van der Waals surface area contributed by atoms with Gasteiger partial charge < -0.3 is 49.1 Å². The number of nitrogens with one attached hydrogen (secondary N) is 1. The molecular formula is C42H50N2O14. The molecular weight excluding hydrogens is 756 g/mol. The quantitative estimate of drug-likeness (QED) is 0.313. The summed E-state index contributed by atoms with van der Waals surface area (Å²) < 4.78 is 34.9. The van der Waals surface area contributed by atoms with E-state index in [0.29, 0.717) is 12.8 Å². The predicted molar refractivity (Wildman–Crippen MR) is 203 cm³/mol. The molecule has 5 aliphatic heterocycles. The molecule has 16 heteroatoms. The zero-order chi connectivity index (χ0) is 42.1. The van der Waals surface area contributed by atoms with Crippen LogP contribution in [-0.4, -0.2) is 106 Å². The van der Waals surface area contributed by atoms with Gasteiger partial charge in [-0.1, -0.05) is 20.8 Å². The summed E-state index contributed by atoms with van der Waals surface area (Å²) in [5, 5.41) is 35.8. The van der Waals surface area contributed by atoms with Gasteiger partial charge in [0.25, 0.3) is 11.7 Å². The van der Waals surface area contributed by atoms with Crippen molar-refractivity contribution in [3.63, 3.8) is 0 Å². The zero-order valence-corrected chi connectivity index (χ0v) is 33.6. The summed E-state index contributed by atoms with van der Waals surface area (Å²) in [6.45, 7) is 11.4. The van der Waals surface area contributed by atoms with Gasteiger partial charge in [-0.05, 0) is 57.8 Å². The van der Waals surface area contributed by atoms with Gasteiger partial charge >= 0.3 is 11.9 Å². The molecule has 0 spiro atoms. The van der Waals surface area contributed by atoms with Gasteiger partial charge in [-0.15, -0.1) is 0 Å². The van der Waals surface area contributed by atoms with Gasteiger partial charge in [0.1, 0.15) is 23.7 Å². The van der Waals surface area contributed by atoms with Crippen molar-refractivity contribution in [2.75, 3.05) is 7.11 Å². The number of hydrogen-bond acceptors (Lipinski definition) is 15. The first-order valence-corrected chi connectivity index (χ1v) is 19.6. The number of nitrogens with zero attached hydrogens (tertiary/aromatic N) is 1. The average Bonchev–Trinajstić information content (AvgIpc) is 3.94. The normalized spacial score (nSPS) is 39.9. The minimum atomic E-state index is -2.00. The Balaban J connectivity index is 1.33. The second-order valence-electron chi connectivity index (χ2n) is 16.5. The Hall–Kier alpha value is -4.90. The molecule has 1 aromatic carbocycles. The van der Waals surface area contributed by atoms with E-state index in [1.807, 2.05) is 13.8 Å². The Kier molecular flexibility index (Phi) is 10.9. The number of carbonyl (C=O) groups is 5. The average molecular weight is 807 g/mol. The van der Waals surface area contributed by atoms with Crippen LogP contribution in [0, 0.1) is 36.5 Å². The van der Waals surface area contributed by atoms with E-state index in [1.54, 1.807) is 19.9 Å². The Morgan fingerprint density at radius 2 is 1.60 bits per heavy atom. The number of aliphatic imine (C=N–C) groups is 1. The van der Waals surface area contributed by atoms with Crippen molar-refractivity contribution in [1.82, 2.24) is 5.32 Å². The number of amides is 1. The third kappa shape index (κ3) is 7.13. The molecule has 58 heavy (non-hydrogen) atoms. The number of aromatic hydroxyl groups is 1. The topological polar surface area (TPSA) is 226 Å². The molecule has 1 amide bonds. The largest absolute Gasteiger partial charge is 0.508 e. The number of aliphatic hydroxyl groups excluding tert-OH is 2. The smallest absolute Gasteiger partial charge is 0.507 e. The predicted octanol–water partition coefficient (Wildman–Crippen LogP) is 3.75. The second kappa shape index (κ2) is 15.4. The van der Waals surface area contributed by atoms with Crippen LogP contribution in [0.4, 0.5) is 4.79 Å². The monoisotopic (exact) mass is 806 g/mol. The fourth-order valence-corrected chi connectivity index (χ4v) is 8.95. The van der Waals surface area contributed by atoms with Crippen LogP contribution >= 0.6 is 0 Å². The molecule has 3 fully saturated rings. The van der Waals surface area contributed by atoms with Crippen molar-refractivity contribution in [3.05, 3.63) is 58.0 Å². The second-order valence-corrected chi connectivity index (χ2v) is 16.5. The van der Waals surface area contributed by atoms with E-state index in [9.17, 15) is 39.3 Å². The number of benzene rings is 1. The molecule has 13 unspecified atom stereocenters. The van der Waals surface area contributed by atoms with E-state index in [-0.39, 0.29) is 51.4 Å². The summed E-state index contributed by atoms with van der Waals surface area (Å²) in [6, 6.07) is -0.564. The number of rotatable bonds is 2. The standard InChI is InChI=1S/C42H50N2O14/c1-16-13-27(45)22-14-23(22)33(47)18(3)37-20(5)36(56-41(52)57-37)17(2)28(53-8)11-12-54-42(7)39(50)32-30-25(43-24-9-10-29(46)55-21(24)6)15-26(44-40(16)51)35(49)31(30)34(48)19(4)38(32)58-42/h11-13,15,17-18,20-24,28-29,33,36-37,46-48H,9-10,14H2,1-8H3,(H,44,51)/b12-11+,16-13-,43-25?. The summed E-state index contributed by atoms with van der Waals surface area (Å²) in [7, 11) is 1.46. The van der Waals surface area contributed by atoms with Crippen LogP contribution in [0.15, 0.2) is 40.8 Å². The molecule has 16 nitrogen and oxygen atoms in total. The van der Waals surface area contributed by atoms with Crippen molar-refractivity contribution in [2.24, 2.45) is 34.6 Å². The summed E-state index contributed by atoms with van der Waals surface area (Å²) in [4.78, 5) is 73.5. The van der Waals surface area contributed by atoms with Gasteiger partial charge in [0.05, 0.1) is 53.2 Å². The molecule has 4 N–H and O–H groups in total. The fourth-order valence-electron chi connectivity index (χ4n) is 8.95. The molecule has 2 aliphatic carbocycles. The van der Waals surface area contributed by atoms with Gasteiger partial charge in [-0.2, -0.15) is 0 Å². The van der Waals surface area contributed by atoms with E-state index in [1.165, 1.54) is 40.2 Å². The molecule has 1 aromatic rings. The highest BCUT2D eigenvalue weighted by molar-refractivity contribution is 6.32. The van der Waals surface area contributed by atoms with Crippen LogP contribution < -0.4 is 10.1 Å². The number of ketones is 3. The number of phenolic OH excluding ortho intramolecular Hbond substituents is 1. The molecule has 5 heterocycles. The number of allylic oxidation sites excluding steroid dienone is 3. The summed E-state index contributed by atoms with van der Waals surface area (Å²) in [6.07, 6.45) is 0.486. The van der Waals surface area contributed by atoms with E-state index < -0.39 is 113 Å². The number of ether oxygens (including phenoxy) is 6. The van der Waals surface area contributed by atoms with E-state index in [4.69, 9.17) is 33.4 Å². The third-order valence-corrected chi connectivity index (χ3v) is 12.6. The highest BCUT2D eigenvalue weighted by Gasteiger charge is 2.54. The van der Waals surface area contributed by atoms with Gasteiger partial charge in [0, 0.05) is 60.8 Å². The number of aliphatic hydroxyl groups is 2. The molecule has 8 rings (SSSR count). The van der Waals surface area contributed by atoms with E-state index in [0.717, 1.165) is 6.08 Å². The number of phenols is 1. The maximum absolute atomic E-state index is 14.5. The Morgan fingerprint density at radius 3 is 2.28 bits per heavy atom. The molecule has 7 bridgehead atoms. The number of methoxy groups -OCH3 is 1. The van der Waals surface area contributed by atoms with Gasteiger partial charge in [0.15, 0.2) is 12.1 Å². The highest BCUT2D eigenvalue weighted by atomic mass is 16.7. The molecule has 0 aromatic heterocycles. The first kappa shape index (κ1) is 41.3. The Labute approximate surface area is 335 Å². The van der Waals surface area contributed by atoms with Crippen LogP contribution in [0.1, 0.15) is 92.6 Å². The summed E-state index contributed by atoms with van der Waals surface area (Å²) in [5.74, 6) is -7.79. The molecule has 13 atom stereocenters. The number of hydrogen-bond donors (Lipinski definition) is 4. The molecule has 0 radical (unpaired) electrons. The first-order valence-electron chi connectivity index (χ1n) is 19.6. The van der Waals surface area contributed by atoms with Crippen molar-refractivity contribution in [2.45, 2.75) is 116 Å². The third-order valence-electron chi connectivity index (χ3n) is 12.6. The lowest BCUT2D eigenvalue weighted by Gasteiger charge is -2.42. The van der Waals surface area contributed by atoms with Crippen molar-refractivity contribution in [3.8, 4) is 11.5 Å². The lowest BCUT2D eigenvalue weighted by molar-refractivity contribution is -0.162. The van der Waals surface area contributed by atoms with Crippen LogP contribution in [-0.2, 0) is 33.3 Å². The van der Waals surface area contributed by atoms with Crippen LogP contribution in [0.3, 0.4) is 0 Å². The molecule has 312 valence electrons. The lowest BCUT2D eigenvalue weighted by Crippen LogP contribution is -2.52. The van der Waals surface area contributed by atoms with Crippen molar-refractivity contribution in [1.29, 1.82) is 0 Å². The zero-order valence-electron chi connectivity index (χ0n) is 33.6. The van der Waals surface area contributed by atoms with Crippen molar-refractivity contribution >= 4 is 35.1 Å². The van der Waals surface area contributed by atoms with Crippen molar-refractivity contribution < 1.29 is 67.7 Å². The van der Waals surface area contributed by atoms with E-state index in [2.05, 4.69) is 5.32 Å². The molecule has 2 saturated heterocycles. The Bertz CT molecular complexity index is 2070. The number of carbonyl (C=O) groups excluding carboxylic acids is 5. The van der Waals surface area contributed by atoms with Crippen LogP contribution in [0.5, 0.6) is 11.5 Å². The van der Waals surface area contributed by atoms with Crippen LogP contribution in [0.2, 0.25) is 0 Å². The number of fused-ring (bicyclic) bond motifs is 8. The molecule has 7 aliphatic rings. The Morgan fingerprint density at radius 1 is 0.914 bits per heavy atom. The highest BCUT2D eigenvalue weighted by Crippen LogP contribution is 2.49. The van der Waals surface area contributed by atoms with Gasteiger partial charge in [-0.25, -0.2) is 4.79 Å². The minimum absolute atomic E-state index is 0.0238. The van der Waals surface area contributed by atoms with Crippen LogP contribution in [0.25, 0.3) is 0 Å². The first-order chi connectivity index (χ1) is 27.4. The lowest BCUT2D eigenvalue weighted by atomic mass is 9.79. The van der Waals surface area contributed by atoms with Gasteiger partial charge in [-0.3, -0.25) is 24.2 Å². The SMILES string of the molecule is COC1/C=C/OC2(C)Oc3c(C)c(O)c4c(c3C2=O)C(=NC2CCC(O)OC2C)C=C(NC(=O)/C(C)=C\C(=O)C2CC2C(O)C(C)C2OC(=O)OC(C1C)C2C)C4=O. The summed E-state index contributed by atoms with van der Waals surface area (Å²) >= 11 is 0. The summed E-state index contributed by atoms with van der Waals surface area (Å²) in [5.41, 5.74) is -0.569. The van der Waals surface area contributed by atoms with E-state index >= 15 is 0 Å². The molecule has 1 saturated carbocycles. The minimum Gasteiger partial charge on any atom is -0.507 e. The maximum atomic E-state index is 14.5. The van der Waals surface area contributed by atoms with Gasteiger partial charge in [0.2, 0.25) is 5.78 Å².